The standard InChI is InChI=1S/C27H25N7O2/c1-17-12-18(5-7-23(17)36-20-8-10-34-11-9-28-24(34)14-20)31-25-21-13-19(4-6-22(21)29-16-30-25)32-26-33-27(2,3)15-35-26/h4-14,16H,15H2,1-3H3,(H,32,33)(H,29,30,31). The third kappa shape index (κ3) is 4.38. The lowest BCUT2D eigenvalue weighted by Crippen LogP contribution is -2.17. The summed E-state index contributed by atoms with van der Waals surface area (Å²) in [4.78, 5) is 17.8. The number of aryl methyl sites for hydroxylation is 1. The maximum absolute atomic E-state index is 6.12. The molecule has 0 atom stereocenters. The minimum Gasteiger partial charge on any atom is -0.462 e. The molecule has 3 aromatic heterocycles. The molecule has 0 amide bonds. The summed E-state index contributed by atoms with van der Waals surface area (Å²) in [5.41, 5.74) is 4.18. The molecule has 2 N–H and O–H groups in total. The van der Waals surface area contributed by atoms with Crippen LogP contribution in [0, 0.1) is 6.92 Å². The second-order valence-corrected chi connectivity index (χ2v) is 9.36. The number of hydrogen-bond acceptors (Lipinski definition) is 8. The van der Waals surface area contributed by atoms with E-state index in [9.17, 15) is 0 Å². The Kier molecular flexibility index (Phi) is 5.18. The lowest BCUT2D eigenvalue weighted by molar-refractivity contribution is 0.278. The Bertz CT molecular complexity index is 1620. The molecule has 5 aromatic rings. The van der Waals surface area contributed by atoms with Gasteiger partial charge in [-0.25, -0.2) is 19.9 Å². The third-order valence-corrected chi connectivity index (χ3v) is 5.89. The van der Waals surface area contributed by atoms with E-state index < -0.39 is 0 Å². The molecule has 180 valence electrons. The van der Waals surface area contributed by atoms with Crippen LogP contribution in [-0.2, 0) is 4.74 Å². The fourth-order valence-electron chi connectivity index (χ4n) is 4.07. The van der Waals surface area contributed by atoms with Gasteiger partial charge in [0.1, 0.15) is 35.9 Å². The maximum atomic E-state index is 6.12. The van der Waals surface area contributed by atoms with Gasteiger partial charge in [-0.3, -0.25) is 0 Å². The minimum absolute atomic E-state index is 0.227. The highest BCUT2D eigenvalue weighted by Crippen LogP contribution is 2.31. The van der Waals surface area contributed by atoms with Crippen LogP contribution in [0.1, 0.15) is 19.4 Å². The molecule has 1 aliphatic heterocycles. The molecule has 0 unspecified atom stereocenters. The summed E-state index contributed by atoms with van der Waals surface area (Å²) in [7, 11) is 0. The van der Waals surface area contributed by atoms with E-state index in [2.05, 4.69) is 30.6 Å². The number of ether oxygens (including phenoxy) is 2. The Balaban J connectivity index is 1.23. The Morgan fingerprint density at radius 3 is 2.64 bits per heavy atom. The van der Waals surface area contributed by atoms with Gasteiger partial charge in [-0.1, -0.05) is 0 Å². The van der Waals surface area contributed by atoms with Crippen molar-refractivity contribution in [2.75, 3.05) is 17.2 Å². The molecule has 2 aromatic carbocycles. The van der Waals surface area contributed by atoms with E-state index in [1.165, 1.54) is 0 Å². The van der Waals surface area contributed by atoms with Crippen LogP contribution in [0.25, 0.3) is 16.6 Å². The first kappa shape index (κ1) is 21.8. The van der Waals surface area contributed by atoms with Crippen LogP contribution in [0.5, 0.6) is 11.5 Å². The maximum Gasteiger partial charge on any atom is 0.289 e. The number of rotatable bonds is 5. The molecule has 0 saturated heterocycles. The molecule has 0 aliphatic carbocycles. The summed E-state index contributed by atoms with van der Waals surface area (Å²) >= 11 is 0. The molecule has 36 heavy (non-hydrogen) atoms. The number of aliphatic imine (C=N–C) groups is 1. The summed E-state index contributed by atoms with van der Waals surface area (Å²) in [5.74, 6) is 2.21. The smallest absolute Gasteiger partial charge is 0.289 e. The van der Waals surface area contributed by atoms with Gasteiger partial charge in [-0.15, -0.1) is 0 Å². The lowest BCUT2D eigenvalue weighted by atomic mass is 10.1. The van der Waals surface area contributed by atoms with Crippen LogP contribution in [0.2, 0.25) is 0 Å². The summed E-state index contributed by atoms with van der Waals surface area (Å²) < 4.78 is 13.7. The van der Waals surface area contributed by atoms with E-state index in [0.717, 1.165) is 45.0 Å². The average Bonchev–Trinajstić information content (AvgIpc) is 3.46. The Hall–Kier alpha value is -4.66. The van der Waals surface area contributed by atoms with Gasteiger partial charge in [0, 0.05) is 41.4 Å². The van der Waals surface area contributed by atoms with Crippen molar-refractivity contribution in [3.8, 4) is 11.5 Å². The second-order valence-electron chi connectivity index (χ2n) is 9.36. The topological polar surface area (TPSA) is 98.0 Å². The molecule has 9 heteroatoms. The normalized spacial score (nSPS) is 14.5. The number of nitrogens with zero attached hydrogens (tertiary/aromatic N) is 5. The SMILES string of the molecule is Cc1cc(Nc2ncnc3ccc(NC4=NC(C)(C)CO4)cc23)ccc1Oc1ccn2ccnc2c1. The van der Waals surface area contributed by atoms with Gasteiger partial charge in [-0.2, -0.15) is 0 Å². The second kappa shape index (κ2) is 8.53. The summed E-state index contributed by atoms with van der Waals surface area (Å²) in [6.45, 7) is 6.64. The van der Waals surface area contributed by atoms with Crippen molar-refractivity contribution in [2.24, 2.45) is 4.99 Å². The van der Waals surface area contributed by atoms with Crippen molar-refractivity contribution < 1.29 is 9.47 Å². The fourth-order valence-corrected chi connectivity index (χ4v) is 4.07. The van der Waals surface area contributed by atoms with Crippen molar-refractivity contribution in [3.05, 3.63) is 79.0 Å². The zero-order chi connectivity index (χ0) is 24.7. The number of imidazole rings is 1. The molecule has 6 rings (SSSR count). The number of pyridine rings is 1. The van der Waals surface area contributed by atoms with Gasteiger partial charge >= 0.3 is 0 Å². The number of fused-ring (bicyclic) bond motifs is 2. The molecule has 0 spiro atoms. The van der Waals surface area contributed by atoms with E-state index in [4.69, 9.17) is 9.47 Å². The summed E-state index contributed by atoms with van der Waals surface area (Å²) in [5, 5.41) is 7.56. The van der Waals surface area contributed by atoms with Gasteiger partial charge in [0.25, 0.3) is 6.02 Å². The van der Waals surface area contributed by atoms with E-state index in [1.807, 2.05) is 86.1 Å². The first-order valence-electron chi connectivity index (χ1n) is 11.6. The summed E-state index contributed by atoms with van der Waals surface area (Å²) in [6.07, 6.45) is 7.15. The summed E-state index contributed by atoms with van der Waals surface area (Å²) in [6, 6.07) is 16.2. The highest BCUT2D eigenvalue weighted by molar-refractivity contribution is 5.97. The fraction of sp³-hybridized carbons (Fsp3) is 0.185. The van der Waals surface area contributed by atoms with Crippen molar-refractivity contribution in [2.45, 2.75) is 26.3 Å². The Morgan fingerprint density at radius 1 is 0.944 bits per heavy atom. The largest absolute Gasteiger partial charge is 0.462 e. The molecular weight excluding hydrogens is 454 g/mol. The molecule has 0 saturated carbocycles. The molecule has 0 fully saturated rings. The van der Waals surface area contributed by atoms with E-state index in [1.54, 1.807) is 12.5 Å². The van der Waals surface area contributed by atoms with Crippen molar-refractivity contribution >= 4 is 39.8 Å². The van der Waals surface area contributed by atoms with Crippen molar-refractivity contribution in [3.63, 3.8) is 0 Å². The van der Waals surface area contributed by atoms with E-state index in [-0.39, 0.29) is 5.54 Å². The molecular formula is C27H25N7O2. The van der Waals surface area contributed by atoms with Gasteiger partial charge in [0.15, 0.2) is 0 Å². The van der Waals surface area contributed by atoms with Crippen LogP contribution < -0.4 is 15.4 Å². The number of nitrogens with one attached hydrogen (secondary N) is 2. The predicted molar refractivity (Wildman–Crippen MR) is 140 cm³/mol. The quantitative estimate of drug-likeness (QED) is 0.334. The van der Waals surface area contributed by atoms with Crippen LogP contribution in [-0.4, -0.2) is 37.5 Å². The zero-order valence-corrected chi connectivity index (χ0v) is 20.2. The zero-order valence-electron chi connectivity index (χ0n) is 20.2. The molecule has 4 heterocycles. The molecule has 1 aliphatic rings. The highest BCUT2D eigenvalue weighted by Gasteiger charge is 2.26. The molecule has 9 nitrogen and oxygen atoms in total. The van der Waals surface area contributed by atoms with E-state index in [0.29, 0.717) is 18.4 Å². The number of hydrogen-bond donors (Lipinski definition) is 2. The first-order valence-corrected chi connectivity index (χ1v) is 11.6. The monoisotopic (exact) mass is 479 g/mol. The van der Waals surface area contributed by atoms with Crippen LogP contribution in [0.3, 0.4) is 0 Å². The highest BCUT2D eigenvalue weighted by atomic mass is 16.5. The van der Waals surface area contributed by atoms with Crippen molar-refractivity contribution in [1.29, 1.82) is 0 Å². The lowest BCUT2D eigenvalue weighted by Gasteiger charge is -2.13. The Morgan fingerprint density at radius 2 is 1.81 bits per heavy atom. The van der Waals surface area contributed by atoms with E-state index >= 15 is 0 Å². The van der Waals surface area contributed by atoms with Gasteiger partial charge in [0.05, 0.1) is 11.1 Å². The third-order valence-electron chi connectivity index (χ3n) is 5.89. The Labute approximate surface area is 207 Å². The number of amidine groups is 1. The number of benzene rings is 2. The van der Waals surface area contributed by atoms with Gasteiger partial charge in [0.2, 0.25) is 0 Å². The average molecular weight is 480 g/mol. The predicted octanol–water partition coefficient (Wildman–Crippen LogP) is 5.70. The minimum atomic E-state index is -0.227. The number of aromatic nitrogens is 4. The molecule has 0 bridgehead atoms. The van der Waals surface area contributed by atoms with Gasteiger partial charge < -0.3 is 24.5 Å². The number of anilines is 3. The van der Waals surface area contributed by atoms with Crippen LogP contribution >= 0.6 is 0 Å². The molecule has 0 radical (unpaired) electrons. The first-order chi connectivity index (χ1) is 17.4. The van der Waals surface area contributed by atoms with Crippen molar-refractivity contribution in [1.82, 2.24) is 19.4 Å². The van der Waals surface area contributed by atoms with Crippen LogP contribution in [0.4, 0.5) is 17.2 Å². The van der Waals surface area contributed by atoms with Crippen LogP contribution in [0.15, 0.2) is 78.4 Å². The van der Waals surface area contributed by atoms with Gasteiger partial charge in [-0.05, 0) is 68.8 Å².